The number of hydrogen-bond donors (Lipinski definition) is 1. The Morgan fingerprint density at radius 3 is 2.79 bits per heavy atom. The Morgan fingerprint density at radius 1 is 1.32 bits per heavy atom. The highest BCUT2D eigenvalue weighted by Crippen LogP contribution is 2.21. The van der Waals surface area contributed by atoms with Gasteiger partial charge in [0.25, 0.3) is 0 Å². The summed E-state index contributed by atoms with van der Waals surface area (Å²) in [6, 6.07) is 2.05. The quantitative estimate of drug-likeness (QED) is 0.886. The van der Waals surface area contributed by atoms with Crippen LogP contribution in [0.3, 0.4) is 0 Å². The largest absolute Gasteiger partial charge is 0.311 e. The number of nitrogens with zero attached hydrogens (tertiary/aromatic N) is 4. The van der Waals surface area contributed by atoms with Crippen LogP contribution in [0.1, 0.15) is 30.9 Å². The van der Waals surface area contributed by atoms with Crippen molar-refractivity contribution in [3.8, 4) is 0 Å². The Hall–Kier alpha value is -1.14. The van der Waals surface area contributed by atoms with Crippen molar-refractivity contribution in [2.45, 2.75) is 40.4 Å². The van der Waals surface area contributed by atoms with Gasteiger partial charge in [-0.2, -0.15) is 10.2 Å². The van der Waals surface area contributed by atoms with E-state index in [0.717, 1.165) is 47.7 Å². The van der Waals surface area contributed by atoms with Gasteiger partial charge in [-0.1, -0.05) is 6.92 Å². The minimum atomic E-state index is 0.737. The minimum absolute atomic E-state index is 0.737. The van der Waals surface area contributed by atoms with Crippen LogP contribution in [0.4, 0.5) is 0 Å². The zero-order valence-electron chi connectivity index (χ0n) is 11.6. The van der Waals surface area contributed by atoms with Gasteiger partial charge in [0.2, 0.25) is 0 Å². The molecule has 0 aliphatic carbocycles. The summed E-state index contributed by atoms with van der Waals surface area (Å²) in [4.78, 5) is 0. The summed E-state index contributed by atoms with van der Waals surface area (Å²) in [5.74, 6) is 0. The SMILES string of the molecule is CCNCc1ccn(Cc2c(Br)c(C)nn2CC)n1. The van der Waals surface area contributed by atoms with E-state index in [1.165, 1.54) is 0 Å². The van der Waals surface area contributed by atoms with E-state index >= 15 is 0 Å². The van der Waals surface area contributed by atoms with Gasteiger partial charge < -0.3 is 5.32 Å². The summed E-state index contributed by atoms with van der Waals surface area (Å²) in [7, 11) is 0. The molecular weight excluding hydrogens is 306 g/mol. The number of rotatable bonds is 6. The Bertz CT molecular complexity index is 543. The molecule has 0 amide bonds. The van der Waals surface area contributed by atoms with Gasteiger partial charge in [-0.25, -0.2) is 0 Å². The molecule has 0 saturated heterocycles. The average Bonchev–Trinajstić information content (AvgIpc) is 2.96. The van der Waals surface area contributed by atoms with Crippen molar-refractivity contribution in [2.24, 2.45) is 0 Å². The molecule has 0 radical (unpaired) electrons. The predicted octanol–water partition coefficient (Wildman–Crippen LogP) is 2.33. The molecule has 2 aromatic rings. The monoisotopic (exact) mass is 325 g/mol. The summed E-state index contributed by atoms with van der Waals surface area (Å²) in [5.41, 5.74) is 3.26. The summed E-state index contributed by atoms with van der Waals surface area (Å²) >= 11 is 3.61. The Labute approximate surface area is 122 Å². The van der Waals surface area contributed by atoms with Gasteiger partial charge >= 0.3 is 0 Å². The molecule has 104 valence electrons. The second kappa shape index (κ2) is 6.34. The third-order valence-electron chi connectivity index (χ3n) is 3.02. The Kier molecular flexibility index (Phi) is 4.76. The number of hydrogen-bond acceptors (Lipinski definition) is 3. The fourth-order valence-corrected chi connectivity index (χ4v) is 2.42. The fraction of sp³-hybridized carbons (Fsp3) is 0.538. The Morgan fingerprint density at radius 2 is 2.11 bits per heavy atom. The van der Waals surface area contributed by atoms with E-state index in [1.807, 2.05) is 22.5 Å². The molecule has 0 atom stereocenters. The maximum Gasteiger partial charge on any atom is 0.0839 e. The average molecular weight is 326 g/mol. The summed E-state index contributed by atoms with van der Waals surface area (Å²) in [5, 5.41) is 12.3. The molecule has 2 rings (SSSR count). The van der Waals surface area contributed by atoms with E-state index in [-0.39, 0.29) is 0 Å². The molecule has 6 heteroatoms. The molecule has 0 aliphatic heterocycles. The van der Waals surface area contributed by atoms with Gasteiger partial charge in [0.15, 0.2) is 0 Å². The molecule has 1 N–H and O–H groups in total. The number of halogens is 1. The lowest BCUT2D eigenvalue weighted by Gasteiger charge is -2.06. The van der Waals surface area contributed by atoms with Crippen LogP contribution in [0.25, 0.3) is 0 Å². The lowest BCUT2D eigenvalue weighted by molar-refractivity contribution is 0.567. The topological polar surface area (TPSA) is 47.7 Å². The number of aromatic nitrogens is 4. The standard InChI is InChI=1S/C13H20BrN5/c1-4-15-8-11-6-7-18(17-11)9-12-13(14)10(3)16-19(12)5-2/h6-7,15H,4-5,8-9H2,1-3H3. The molecule has 2 heterocycles. The normalized spacial score (nSPS) is 11.2. The van der Waals surface area contributed by atoms with Gasteiger partial charge in [-0.15, -0.1) is 0 Å². The first-order valence-electron chi connectivity index (χ1n) is 6.60. The Balaban J connectivity index is 2.14. The van der Waals surface area contributed by atoms with Gasteiger partial charge in [0, 0.05) is 19.3 Å². The van der Waals surface area contributed by atoms with Crippen LogP contribution in [-0.4, -0.2) is 26.1 Å². The van der Waals surface area contributed by atoms with Crippen molar-refractivity contribution >= 4 is 15.9 Å². The van der Waals surface area contributed by atoms with E-state index in [0.29, 0.717) is 0 Å². The van der Waals surface area contributed by atoms with Crippen molar-refractivity contribution in [3.05, 3.63) is 33.8 Å². The molecule has 0 bridgehead atoms. The van der Waals surface area contributed by atoms with Crippen LogP contribution in [0.2, 0.25) is 0 Å². The van der Waals surface area contributed by atoms with E-state index in [1.54, 1.807) is 0 Å². The first kappa shape index (κ1) is 14.3. The highest BCUT2D eigenvalue weighted by atomic mass is 79.9. The maximum absolute atomic E-state index is 4.56. The molecule has 5 nitrogen and oxygen atoms in total. The zero-order chi connectivity index (χ0) is 13.8. The van der Waals surface area contributed by atoms with Crippen LogP contribution in [0.15, 0.2) is 16.7 Å². The summed E-state index contributed by atoms with van der Waals surface area (Å²) in [6.07, 6.45) is 2.02. The molecule has 0 fully saturated rings. The van der Waals surface area contributed by atoms with E-state index in [9.17, 15) is 0 Å². The van der Waals surface area contributed by atoms with Gasteiger partial charge in [-0.05, 0) is 42.4 Å². The number of aryl methyl sites for hydroxylation is 2. The first-order chi connectivity index (χ1) is 9.15. The molecule has 0 aliphatic rings. The van der Waals surface area contributed by atoms with Crippen molar-refractivity contribution in [2.75, 3.05) is 6.54 Å². The van der Waals surface area contributed by atoms with E-state index in [4.69, 9.17) is 0 Å². The van der Waals surface area contributed by atoms with Crippen LogP contribution in [0.5, 0.6) is 0 Å². The lowest BCUT2D eigenvalue weighted by Crippen LogP contribution is -2.13. The molecule has 2 aromatic heterocycles. The lowest BCUT2D eigenvalue weighted by atomic mass is 10.3. The highest BCUT2D eigenvalue weighted by molar-refractivity contribution is 9.10. The van der Waals surface area contributed by atoms with Crippen LogP contribution >= 0.6 is 15.9 Å². The van der Waals surface area contributed by atoms with Crippen molar-refractivity contribution < 1.29 is 0 Å². The molecular formula is C13H20BrN5. The van der Waals surface area contributed by atoms with Crippen LogP contribution in [0, 0.1) is 6.92 Å². The molecule has 19 heavy (non-hydrogen) atoms. The van der Waals surface area contributed by atoms with Crippen molar-refractivity contribution in [1.29, 1.82) is 0 Å². The first-order valence-corrected chi connectivity index (χ1v) is 7.39. The van der Waals surface area contributed by atoms with Crippen molar-refractivity contribution in [1.82, 2.24) is 24.9 Å². The molecule has 0 unspecified atom stereocenters. The van der Waals surface area contributed by atoms with E-state index in [2.05, 4.69) is 51.4 Å². The summed E-state index contributed by atoms with van der Waals surface area (Å²) in [6.45, 7) is 9.59. The minimum Gasteiger partial charge on any atom is -0.311 e. The van der Waals surface area contributed by atoms with Gasteiger partial charge in [0.05, 0.1) is 28.1 Å². The molecule has 0 saturated carbocycles. The number of nitrogens with one attached hydrogen (secondary N) is 1. The van der Waals surface area contributed by atoms with Gasteiger partial charge in [0.1, 0.15) is 0 Å². The highest BCUT2D eigenvalue weighted by Gasteiger charge is 2.12. The maximum atomic E-state index is 4.56. The molecule has 0 spiro atoms. The predicted molar refractivity (Wildman–Crippen MR) is 79.0 cm³/mol. The van der Waals surface area contributed by atoms with E-state index < -0.39 is 0 Å². The smallest absolute Gasteiger partial charge is 0.0839 e. The zero-order valence-corrected chi connectivity index (χ0v) is 13.2. The third-order valence-corrected chi connectivity index (χ3v) is 4.05. The molecule has 0 aromatic carbocycles. The van der Waals surface area contributed by atoms with Crippen molar-refractivity contribution in [3.63, 3.8) is 0 Å². The van der Waals surface area contributed by atoms with Crippen LogP contribution in [-0.2, 0) is 19.6 Å². The van der Waals surface area contributed by atoms with Crippen LogP contribution < -0.4 is 5.32 Å². The van der Waals surface area contributed by atoms with Gasteiger partial charge in [-0.3, -0.25) is 9.36 Å². The fourth-order valence-electron chi connectivity index (χ4n) is 2.01. The second-order valence-electron chi connectivity index (χ2n) is 4.45. The summed E-state index contributed by atoms with van der Waals surface area (Å²) < 4.78 is 5.06. The third kappa shape index (κ3) is 3.25. The second-order valence-corrected chi connectivity index (χ2v) is 5.24.